The molecule has 5 nitrogen and oxygen atoms in total. The highest BCUT2D eigenvalue weighted by atomic mass is 35.5. The number of phenols is 1. The maximum atomic E-state index is 12.0. The van der Waals surface area contributed by atoms with E-state index in [0.29, 0.717) is 28.5 Å². The maximum absolute atomic E-state index is 12.0. The Morgan fingerprint density at radius 2 is 2.13 bits per heavy atom. The molecule has 0 fully saturated rings. The predicted octanol–water partition coefficient (Wildman–Crippen LogP) is 3.86. The van der Waals surface area contributed by atoms with Crippen molar-refractivity contribution in [2.45, 2.75) is 6.92 Å². The first kappa shape index (κ1) is 17.1. The van der Waals surface area contributed by atoms with Gasteiger partial charge in [-0.15, -0.1) is 0 Å². The number of carbonyl (C=O) groups is 1. The number of ether oxygens (including phenoxy) is 1. The molecule has 1 amide bonds. The van der Waals surface area contributed by atoms with Gasteiger partial charge in [-0.1, -0.05) is 29.3 Å². The minimum Gasteiger partial charge on any atom is -0.506 e. The minimum absolute atomic E-state index is 0.106. The van der Waals surface area contributed by atoms with Crippen molar-refractivity contribution in [1.82, 2.24) is 5.43 Å². The molecule has 0 saturated heterocycles. The molecule has 0 atom stereocenters. The molecule has 2 rings (SSSR count). The van der Waals surface area contributed by atoms with Crippen LogP contribution in [0.25, 0.3) is 0 Å². The zero-order chi connectivity index (χ0) is 16.8. The second kappa shape index (κ2) is 7.85. The van der Waals surface area contributed by atoms with Crippen LogP contribution in [0.1, 0.15) is 22.8 Å². The number of halogens is 2. The molecule has 0 aromatic heterocycles. The van der Waals surface area contributed by atoms with Crippen LogP contribution in [0.5, 0.6) is 11.5 Å². The number of hydrogen-bond acceptors (Lipinski definition) is 4. The van der Waals surface area contributed by atoms with Crippen molar-refractivity contribution < 1.29 is 14.6 Å². The zero-order valence-electron chi connectivity index (χ0n) is 12.2. The Bertz CT molecular complexity index is 748. The third kappa shape index (κ3) is 4.61. The van der Waals surface area contributed by atoms with Gasteiger partial charge in [0.2, 0.25) is 0 Å². The molecule has 0 aliphatic heterocycles. The number of benzene rings is 2. The summed E-state index contributed by atoms with van der Waals surface area (Å²) in [7, 11) is 0. The van der Waals surface area contributed by atoms with Gasteiger partial charge in [0.05, 0.1) is 17.8 Å². The lowest BCUT2D eigenvalue weighted by molar-refractivity contribution is 0.0954. The molecule has 0 unspecified atom stereocenters. The van der Waals surface area contributed by atoms with Gasteiger partial charge in [0.25, 0.3) is 5.91 Å². The van der Waals surface area contributed by atoms with E-state index in [1.165, 1.54) is 18.3 Å². The van der Waals surface area contributed by atoms with E-state index in [1.54, 1.807) is 24.3 Å². The Balaban J connectivity index is 2.08. The van der Waals surface area contributed by atoms with E-state index in [2.05, 4.69) is 10.5 Å². The van der Waals surface area contributed by atoms with Gasteiger partial charge in [-0.05, 0) is 37.3 Å². The van der Waals surface area contributed by atoms with Crippen molar-refractivity contribution in [1.29, 1.82) is 0 Å². The van der Waals surface area contributed by atoms with Gasteiger partial charge in [0, 0.05) is 16.1 Å². The molecule has 120 valence electrons. The van der Waals surface area contributed by atoms with Crippen LogP contribution < -0.4 is 10.2 Å². The first-order valence-corrected chi connectivity index (χ1v) is 7.51. The van der Waals surface area contributed by atoms with E-state index in [0.717, 1.165) is 0 Å². The van der Waals surface area contributed by atoms with Crippen LogP contribution in [-0.4, -0.2) is 23.8 Å². The van der Waals surface area contributed by atoms with Crippen molar-refractivity contribution in [3.8, 4) is 11.5 Å². The smallest absolute Gasteiger partial charge is 0.271 e. The normalized spacial score (nSPS) is 10.7. The number of rotatable bonds is 5. The largest absolute Gasteiger partial charge is 0.506 e. The Morgan fingerprint density at radius 1 is 1.35 bits per heavy atom. The Labute approximate surface area is 143 Å². The fraction of sp³-hybridized carbons (Fsp3) is 0.125. The summed E-state index contributed by atoms with van der Waals surface area (Å²) < 4.78 is 5.33. The van der Waals surface area contributed by atoms with E-state index in [-0.39, 0.29) is 10.8 Å². The van der Waals surface area contributed by atoms with Crippen LogP contribution in [0.15, 0.2) is 41.5 Å². The third-order valence-corrected chi connectivity index (χ3v) is 3.34. The van der Waals surface area contributed by atoms with Gasteiger partial charge >= 0.3 is 0 Å². The van der Waals surface area contributed by atoms with Gasteiger partial charge in [0.15, 0.2) is 0 Å². The highest BCUT2D eigenvalue weighted by Crippen LogP contribution is 2.29. The zero-order valence-corrected chi connectivity index (χ0v) is 13.7. The maximum Gasteiger partial charge on any atom is 0.271 e. The summed E-state index contributed by atoms with van der Waals surface area (Å²) in [6.07, 6.45) is 1.26. The summed E-state index contributed by atoms with van der Waals surface area (Å²) in [6, 6.07) is 9.62. The van der Waals surface area contributed by atoms with Crippen LogP contribution in [0, 0.1) is 0 Å². The molecule has 23 heavy (non-hydrogen) atoms. The number of nitrogens with one attached hydrogen (secondary N) is 1. The average Bonchev–Trinajstić information content (AvgIpc) is 2.52. The first-order valence-electron chi connectivity index (χ1n) is 6.75. The Morgan fingerprint density at radius 3 is 2.87 bits per heavy atom. The van der Waals surface area contributed by atoms with Crippen molar-refractivity contribution in [2.24, 2.45) is 5.10 Å². The SMILES string of the molecule is CCOc1cccc(C(=O)N/N=C/c2cc(Cl)cc(Cl)c2O)c1. The predicted molar refractivity (Wildman–Crippen MR) is 90.8 cm³/mol. The van der Waals surface area contributed by atoms with E-state index in [4.69, 9.17) is 27.9 Å². The summed E-state index contributed by atoms with van der Waals surface area (Å²) in [6.45, 7) is 2.37. The number of hydrazone groups is 1. The first-order chi connectivity index (χ1) is 11.0. The number of nitrogens with zero attached hydrogens (tertiary/aromatic N) is 1. The summed E-state index contributed by atoms with van der Waals surface area (Å²) in [5.74, 6) is 0.0335. The molecular formula is C16H14Cl2N2O3. The summed E-state index contributed by atoms with van der Waals surface area (Å²) >= 11 is 11.7. The van der Waals surface area contributed by atoms with Crippen molar-refractivity contribution >= 4 is 35.3 Å². The molecule has 7 heteroatoms. The average molecular weight is 353 g/mol. The highest BCUT2D eigenvalue weighted by molar-refractivity contribution is 6.36. The summed E-state index contributed by atoms with van der Waals surface area (Å²) in [5, 5.41) is 14.0. The Hall–Kier alpha value is -2.24. The monoisotopic (exact) mass is 352 g/mol. The third-order valence-electron chi connectivity index (χ3n) is 2.83. The number of phenolic OH excluding ortho intramolecular Hbond substituents is 1. The fourth-order valence-corrected chi connectivity index (χ4v) is 2.31. The van der Waals surface area contributed by atoms with E-state index < -0.39 is 5.91 Å². The van der Waals surface area contributed by atoms with Gasteiger partial charge in [-0.2, -0.15) is 5.10 Å². The molecular weight excluding hydrogens is 339 g/mol. The van der Waals surface area contributed by atoms with Crippen LogP contribution in [0.2, 0.25) is 10.0 Å². The van der Waals surface area contributed by atoms with Crippen molar-refractivity contribution in [3.63, 3.8) is 0 Å². The van der Waals surface area contributed by atoms with Gasteiger partial charge in [0.1, 0.15) is 11.5 Å². The standard InChI is InChI=1S/C16H14Cl2N2O3/c1-2-23-13-5-3-4-10(7-13)16(22)20-19-9-11-6-12(17)8-14(18)15(11)21/h3-9,21H,2H2,1H3,(H,20,22)/b19-9+. The van der Waals surface area contributed by atoms with Crippen LogP contribution in [0.3, 0.4) is 0 Å². The molecule has 0 heterocycles. The van der Waals surface area contributed by atoms with E-state index >= 15 is 0 Å². The molecule has 0 radical (unpaired) electrons. The number of hydrogen-bond donors (Lipinski definition) is 2. The molecule has 2 aromatic rings. The van der Waals surface area contributed by atoms with Crippen molar-refractivity contribution in [2.75, 3.05) is 6.61 Å². The summed E-state index contributed by atoms with van der Waals surface area (Å²) in [5.41, 5.74) is 3.06. The van der Waals surface area contributed by atoms with Crippen LogP contribution in [-0.2, 0) is 0 Å². The molecule has 0 aliphatic carbocycles. The molecule has 2 N–H and O–H groups in total. The van der Waals surface area contributed by atoms with Crippen LogP contribution in [0.4, 0.5) is 0 Å². The molecule has 0 bridgehead atoms. The van der Waals surface area contributed by atoms with Gasteiger partial charge in [-0.25, -0.2) is 5.43 Å². The van der Waals surface area contributed by atoms with E-state index in [1.807, 2.05) is 6.92 Å². The van der Waals surface area contributed by atoms with Crippen molar-refractivity contribution in [3.05, 3.63) is 57.6 Å². The van der Waals surface area contributed by atoms with Gasteiger partial charge < -0.3 is 9.84 Å². The number of amides is 1. The topological polar surface area (TPSA) is 70.9 Å². The highest BCUT2D eigenvalue weighted by Gasteiger charge is 2.07. The molecule has 0 saturated carbocycles. The molecule has 0 spiro atoms. The minimum atomic E-state index is -0.407. The fourth-order valence-electron chi connectivity index (χ4n) is 1.80. The van der Waals surface area contributed by atoms with Crippen LogP contribution >= 0.6 is 23.2 Å². The number of carbonyl (C=O) groups excluding carboxylic acids is 1. The second-order valence-corrected chi connectivity index (χ2v) is 5.33. The van der Waals surface area contributed by atoms with Gasteiger partial charge in [-0.3, -0.25) is 4.79 Å². The molecule has 2 aromatic carbocycles. The number of aromatic hydroxyl groups is 1. The van der Waals surface area contributed by atoms with E-state index in [9.17, 15) is 9.90 Å². The Kier molecular flexibility index (Phi) is 5.84. The quantitative estimate of drug-likeness (QED) is 0.633. The lowest BCUT2D eigenvalue weighted by Crippen LogP contribution is -2.17. The second-order valence-electron chi connectivity index (χ2n) is 4.49. The molecule has 0 aliphatic rings. The lowest BCUT2D eigenvalue weighted by Gasteiger charge is -2.05. The lowest BCUT2D eigenvalue weighted by atomic mass is 10.2. The summed E-state index contributed by atoms with van der Waals surface area (Å²) in [4.78, 5) is 12.0.